The van der Waals surface area contributed by atoms with Gasteiger partial charge in [0, 0.05) is 51.5 Å². The molecular weight excluding hydrogens is 290 g/mol. The van der Waals surface area contributed by atoms with Crippen LogP contribution in [0.15, 0.2) is 23.2 Å². The van der Waals surface area contributed by atoms with E-state index in [1.165, 1.54) is 22.6 Å². The van der Waals surface area contributed by atoms with Gasteiger partial charge in [-0.3, -0.25) is 4.90 Å². The molecule has 2 aliphatic heterocycles. The highest BCUT2D eigenvalue weighted by Gasteiger charge is 2.39. The maximum atomic E-state index is 12.4. The molecule has 0 aliphatic carbocycles. The number of pyridine rings is 1. The Hall–Kier alpha value is -1.53. The molecule has 3 rings (SSSR count). The van der Waals surface area contributed by atoms with Gasteiger partial charge in [0.05, 0.1) is 0 Å². The fourth-order valence-corrected chi connectivity index (χ4v) is 4.10. The first kappa shape index (κ1) is 14.4. The summed E-state index contributed by atoms with van der Waals surface area (Å²) >= 11 is 0. The Balaban J connectivity index is 1.65. The third kappa shape index (κ3) is 2.78. The van der Waals surface area contributed by atoms with Gasteiger partial charge >= 0.3 is 0 Å². The van der Waals surface area contributed by atoms with Gasteiger partial charge in [0.15, 0.2) is 0 Å². The fraction of sp³-hybridized carbons (Fsp3) is 0.538. The molecule has 1 aromatic rings. The van der Waals surface area contributed by atoms with Crippen LogP contribution < -0.4 is 5.32 Å². The zero-order chi connectivity index (χ0) is 14.9. The third-order valence-corrected chi connectivity index (χ3v) is 5.80. The molecule has 0 aromatic carbocycles. The number of hydrogen-bond donors (Lipinski definition) is 1. The van der Waals surface area contributed by atoms with E-state index in [1.807, 2.05) is 6.07 Å². The average Bonchev–Trinajstić information content (AvgIpc) is 2.46. The zero-order valence-electron chi connectivity index (χ0n) is 11.6. The SMILES string of the molecule is N#Cc1ccc(S(=O)(=O)N2CC(N3CCNCC3)C2)cn1. The number of hydrogen-bond acceptors (Lipinski definition) is 6. The van der Waals surface area contributed by atoms with Crippen LogP contribution in [0.25, 0.3) is 0 Å². The third-order valence-electron chi connectivity index (χ3n) is 3.99. The topological polar surface area (TPSA) is 89.3 Å². The molecule has 0 bridgehead atoms. The molecule has 8 heteroatoms. The predicted molar refractivity (Wildman–Crippen MR) is 75.9 cm³/mol. The first-order valence-corrected chi connectivity index (χ1v) is 8.36. The smallest absolute Gasteiger partial charge is 0.244 e. The van der Waals surface area contributed by atoms with Gasteiger partial charge in [0.2, 0.25) is 10.0 Å². The second-order valence-corrected chi connectivity index (χ2v) is 7.19. The molecule has 2 saturated heterocycles. The Morgan fingerprint density at radius 3 is 2.57 bits per heavy atom. The standard InChI is InChI=1S/C13H17N5O2S/c14-7-11-1-2-13(8-16-11)21(19,20)18-9-12(10-18)17-5-3-15-4-6-17/h1-2,8,12,15H,3-6,9-10H2. The highest BCUT2D eigenvalue weighted by molar-refractivity contribution is 7.89. The maximum absolute atomic E-state index is 12.4. The van der Waals surface area contributed by atoms with Crippen molar-refractivity contribution >= 4 is 10.0 Å². The molecule has 21 heavy (non-hydrogen) atoms. The highest BCUT2D eigenvalue weighted by Crippen LogP contribution is 2.24. The lowest BCUT2D eigenvalue weighted by atomic mass is 10.1. The van der Waals surface area contributed by atoms with Crippen LogP contribution in [0.1, 0.15) is 5.69 Å². The average molecular weight is 307 g/mol. The van der Waals surface area contributed by atoms with Crippen molar-refractivity contribution in [3.8, 4) is 6.07 Å². The molecule has 1 aromatic heterocycles. The van der Waals surface area contributed by atoms with Gasteiger partial charge in [0.25, 0.3) is 0 Å². The van der Waals surface area contributed by atoms with E-state index in [1.54, 1.807) is 0 Å². The molecule has 2 aliphatic rings. The summed E-state index contributed by atoms with van der Waals surface area (Å²) in [4.78, 5) is 6.31. The van der Waals surface area contributed by atoms with Crippen molar-refractivity contribution in [3.63, 3.8) is 0 Å². The molecule has 0 saturated carbocycles. The summed E-state index contributed by atoms with van der Waals surface area (Å²) in [6.07, 6.45) is 1.26. The molecule has 7 nitrogen and oxygen atoms in total. The summed E-state index contributed by atoms with van der Waals surface area (Å²) in [5, 5.41) is 12.0. The van der Waals surface area contributed by atoms with Crippen molar-refractivity contribution in [3.05, 3.63) is 24.0 Å². The van der Waals surface area contributed by atoms with Gasteiger partial charge < -0.3 is 5.32 Å². The number of sulfonamides is 1. The Labute approximate surface area is 124 Å². The van der Waals surface area contributed by atoms with Crippen LogP contribution in [0, 0.1) is 11.3 Å². The van der Waals surface area contributed by atoms with Crippen LogP contribution in [-0.2, 0) is 10.0 Å². The minimum Gasteiger partial charge on any atom is -0.314 e. The van der Waals surface area contributed by atoms with Crippen LogP contribution in [0.5, 0.6) is 0 Å². The van der Waals surface area contributed by atoms with Gasteiger partial charge in [-0.1, -0.05) is 0 Å². The Bertz CT molecular complexity index is 640. The van der Waals surface area contributed by atoms with E-state index in [0.29, 0.717) is 19.1 Å². The van der Waals surface area contributed by atoms with Crippen molar-refractivity contribution in [1.29, 1.82) is 5.26 Å². The monoisotopic (exact) mass is 307 g/mol. The van der Waals surface area contributed by atoms with Crippen LogP contribution in [0.4, 0.5) is 0 Å². The van der Waals surface area contributed by atoms with Crippen molar-refractivity contribution in [2.45, 2.75) is 10.9 Å². The molecule has 0 spiro atoms. The molecule has 0 atom stereocenters. The molecule has 2 fully saturated rings. The first-order chi connectivity index (χ1) is 10.1. The van der Waals surface area contributed by atoms with E-state index >= 15 is 0 Å². The molecule has 112 valence electrons. The Morgan fingerprint density at radius 2 is 2.00 bits per heavy atom. The van der Waals surface area contributed by atoms with Crippen molar-refractivity contribution in [2.75, 3.05) is 39.3 Å². The lowest BCUT2D eigenvalue weighted by molar-refractivity contribution is 0.0773. The summed E-state index contributed by atoms with van der Waals surface area (Å²) < 4.78 is 26.3. The highest BCUT2D eigenvalue weighted by atomic mass is 32.2. The Morgan fingerprint density at radius 1 is 1.29 bits per heavy atom. The molecule has 0 unspecified atom stereocenters. The van der Waals surface area contributed by atoms with Crippen molar-refractivity contribution in [1.82, 2.24) is 19.5 Å². The quantitative estimate of drug-likeness (QED) is 0.789. The number of piperazine rings is 1. The zero-order valence-corrected chi connectivity index (χ0v) is 12.4. The fourth-order valence-electron chi connectivity index (χ4n) is 2.64. The van der Waals surface area contributed by atoms with Crippen LogP contribution in [-0.4, -0.2) is 67.9 Å². The molecular formula is C13H17N5O2S. The van der Waals surface area contributed by atoms with E-state index in [0.717, 1.165) is 26.2 Å². The summed E-state index contributed by atoms with van der Waals surface area (Å²) in [5.41, 5.74) is 0.219. The second kappa shape index (κ2) is 5.69. The summed E-state index contributed by atoms with van der Waals surface area (Å²) in [5.74, 6) is 0. The minimum absolute atomic E-state index is 0.153. The van der Waals surface area contributed by atoms with Gasteiger partial charge in [-0.25, -0.2) is 13.4 Å². The molecule has 0 amide bonds. The van der Waals surface area contributed by atoms with Crippen molar-refractivity contribution < 1.29 is 8.42 Å². The molecule has 1 N–H and O–H groups in total. The number of rotatable bonds is 3. The van der Waals surface area contributed by atoms with E-state index in [9.17, 15) is 8.42 Å². The molecule has 0 radical (unpaired) electrons. The van der Waals surface area contributed by atoms with Crippen molar-refractivity contribution in [2.24, 2.45) is 0 Å². The number of nitrogens with zero attached hydrogens (tertiary/aromatic N) is 4. The first-order valence-electron chi connectivity index (χ1n) is 6.92. The van der Waals surface area contributed by atoms with Crippen LogP contribution in [0.3, 0.4) is 0 Å². The summed E-state index contributed by atoms with van der Waals surface area (Å²) in [6.45, 7) is 4.92. The summed E-state index contributed by atoms with van der Waals surface area (Å²) in [7, 11) is -3.48. The largest absolute Gasteiger partial charge is 0.314 e. The lowest BCUT2D eigenvalue weighted by Crippen LogP contribution is -2.63. The van der Waals surface area contributed by atoms with E-state index in [-0.39, 0.29) is 10.6 Å². The van der Waals surface area contributed by atoms with Gasteiger partial charge in [-0.05, 0) is 12.1 Å². The van der Waals surface area contributed by atoms with Crippen LogP contribution >= 0.6 is 0 Å². The normalized spacial score (nSPS) is 21.7. The minimum atomic E-state index is -3.48. The van der Waals surface area contributed by atoms with Gasteiger partial charge in [-0.2, -0.15) is 9.57 Å². The maximum Gasteiger partial charge on any atom is 0.244 e. The van der Waals surface area contributed by atoms with Gasteiger partial charge in [0.1, 0.15) is 16.7 Å². The second-order valence-electron chi connectivity index (χ2n) is 5.25. The lowest BCUT2D eigenvalue weighted by Gasteiger charge is -2.45. The Kier molecular flexibility index (Phi) is 3.91. The van der Waals surface area contributed by atoms with Crippen LogP contribution in [0.2, 0.25) is 0 Å². The predicted octanol–water partition coefficient (Wildman–Crippen LogP) is -0.769. The number of aromatic nitrogens is 1. The van der Waals surface area contributed by atoms with E-state index in [2.05, 4.69) is 15.2 Å². The van der Waals surface area contributed by atoms with E-state index < -0.39 is 10.0 Å². The molecule has 3 heterocycles. The van der Waals surface area contributed by atoms with Gasteiger partial charge in [-0.15, -0.1) is 0 Å². The summed E-state index contributed by atoms with van der Waals surface area (Å²) in [6, 6.07) is 5.07. The number of nitriles is 1. The number of nitrogens with one attached hydrogen (secondary N) is 1. The van der Waals surface area contributed by atoms with E-state index in [4.69, 9.17) is 5.26 Å².